The third kappa shape index (κ3) is 2.89. The summed E-state index contributed by atoms with van der Waals surface area (Å²) < 4.78 is 18.9. The van der Waals surface area contributed by atoms with Gasteiger partial charge in [0.1, 0.15) is 22.3 Å². The number of thiophene rings is 1. The molecule has 3 N–H and O–H groups in total. The standard InChI is InChI=1S/C27H20N8O2S3/c1-6-22(28-9-1)35-25(21-5-3-15-38-21,24-31-13-17-39-24)26(18-7-10-32-33-18,20-4-2-14-36-20)37-27(35,19-8-16-40-34-19)23-29-11-12-30-23/h1-17,28H,(H,29,30)(H,32,33). The first kappa shape index (κ1) is 23.6. The maximum atomic E-state index is 7.68. The average Bonchev–Trinajstić information content (AvgIpc) is 3.84. The van der Waals surface area contributed by atoms with Crippen molar-refractivity contribution in [3.8, 4) is 0 Å². The number of furan rings is 1. The highest BCUT2D eigenvalue weighted by molar-refractivity contribution is 7.11. The number of anilines is 1. The number of nitrogens with zero attached hydrogens (tertiary/aromatic N) is 5. The van der Waals surface area contributed by atoms with Gasteiger partial charge in [0.15, 0.2) is 11.4 Å². The molecule has 7 aromatic rings. The van der Waals surface area contributed by atoms with Crippen molar-refractivity contribution in [3.63, 3.8) is 0 Å². The highest BCUT2D eigenvalue weighted by Crippen LogP contribution is 2.68. The van der Waals surface area contributed by atoms with Gasteiger partial charge in [-0.15, -0.1) is 22.7 Å². The predicted molar refractivity (Wildman–Crippen MR) is 151 cm³/mol. The second kappa shape index (κ2) is 8.86. The fraction of sp³-hybridized carbons (Fsp3) is 0.111. The van der Waals surface area contributed by atoms with E-state index in [1.165, 1.54) is 11.5 Å². The second-order valence-electron chi connectivity index (χ2n) is 9.11. The fourth-order valence-electron chi connectivity index (χ4n) is 5.89. The van der Waals surface area contributed by atoms with Crippen LogP contribution in [-0.2, 0) is 21.6 Å². The zero-order chi connectivity index (χ0) is 26.6. The smallest absolute Gasteiger partial charge is 0.249 e. The first-order valence-corrected chi connectivity index (χ1v) is 14.9. The van der Waals surface area contributed by atoms with Crippen LogP contribution in [0.15, 0.2) is 106 Å². The van der Waals surface area contributed by atoms with E-state index in [0.29, 0.717) is 23.0 Å². The van der Waals surface area contributed by atoms with Gasteiger partial charge in [0.25, 0.3) is 0 Å². The summed E-state index contributed by atoms with van der Waals surface area (Å²) in [5.74, 6) is 1.90. The average molecular weight is 585 g/mol. The molecule has 8 heterocycles. The van der Waals surface area contributed by atoms with Crippen LogP contribution in [0.2, 0.25) is 0 Å². The number of rotatable bonds is 7. The van der Waals surface area contributed by atoms with E-state index in [1.54, 1.807) is 47.5 Å². The van der Waals surface area contributed by atoms with Crippen LogP contribution in [-0.4, -0.2) is 34.5 Å². The van der Waals surface area contributed by atoms with Crippen molar-refractivity contribution in [2.45, 2.75) is 16.9 Å². The van der Waals surface area contributed by atoms with Crippen LogP contribution in [0.5, 0.6) is 0 Å². The normalized spacial score (nSPS) is 24.6. The van der Waals surface area contributed by atoms with Crippen LogP contribution in [0.25, 0.3) is 0 Å². The summed E-state index contributed by atoms with van der Waals surface area (Å²) in [4.78, 5) is 19.8. The Morgan fingerprint density at radius 3 is 2.50 bits per heavy atom. The summed E-state index contributed by atoms with van der Waals surface area (Å²) in [6.45, 7) is 0. The molecule has 0 aromatic carbocycles. The molecule has 0 amide bonds. The van der Waals surface area contributed by atoms with Crippen molar-refractivity contribution < 1.29 is 9.15 Å². The molecule has 1 aliphatic rings. The Hall–Kier alpha value is -4.30. The number of aromatic nitrogens is 7. The van der Waals surface area contributed by atoms with Crippen LogP contribution >= 0.6 is 34.2 Å². The molecule has 3 unspecified atom stereocenters. The summed E-state index contributed by atoms with van der Waals surface area (Å²) in [5, 5.41) is 14.4. The van der Waals surface area contributed by atoms with Crippen molar-refractivity contribution in [1.29, 1.82) is 0 Å². The summed E-state index contributed by atoms with van der Waals surface area (Å²) in [7, 11) is 0. The van der Waals surface area contributed by atoms with E-state index in [1.807, 2.05) is 65.6 Å². The molecular formula is C27H20N8O2S3. The van der Waals surface area contributed by atoms with E-state index in [0.717, 1.165) is 15.7 Å². The minimum Gasteiger partial charge on any atom is -0.466 e. The first-order valence-electron chi connectivity index (χ1n) is 12.3. The lowest BCUT2D eigenvalue weighted by Crippen LogP contribution is -2.58. The van der Waals surface area contributed by atoms with E-state index in [9.17, 15) is 0 Å². The molecular weight excluding hydrogens is 565 g/mol. The van der Waals surface area contributed by atoms with Gasteiger partial charge in [-0.2, -0.15) is 9.47 Å². The topological polar surface area (TPSA) is 125 Å². The first-order chi connectivity index (χ1) is 19.8. The molecule has 3 atom stereocenters. The van der Waals surface area contributed by atoms with E-state index in [-0.39, 0.29) is 0 Å². The number of hydrogen-bond acceptors (Lipinski definition) is 10. The van der Waals surface area contributed by atoms with Gasteiger partial charge in [-0.1, -0.05) is 6.07 Å². The van der Waals surface area contributed by atoms with Crippen LogP contribution in [0.1, 0.15) is 32.9 Å². The van der Waals surface area contributed by atoms with Crippen molar-refractivity contribution in [3.05, 3.63) is 135 Å². The molecule has 0 radical (unpaired) electrons. The number of imidazole rings is 1. The minimum atomic E-state index is -1.37. The fourth-order valence-corrected chi connectivity index (χ4v) is 8.35. The van der Waals surface area contributed by atoms with Gasteiger partial charge in [-0.05, 0) is 59.4 Å². The highest BCUT2D eigenvalue weighted by Gasteiger charge is 2.78. The van der Waals surface area contributed by atoms with Gasteiger partial charge >= 0.3 is 0 Å². The van der Waals surface area contributed by atoms with Crippen molar-refractivity contribution in [2.75, 3.05) is 4.90 Å². The molecule has 0 bridgehead atoms. The van der Waals surface area contributed by atoms with E-state index in [2.05, 4.69) is 36.5 Å². The zero-order valence-corrected chi connectivity index (χ0v) is 23.0. The Balaban J connectivity index is 1.64. The molecule has 40 heavy (non-hydrogen) atoms. The molecule has 10 nitrogen and oxygen atoms in total. The number of thiazole rings is 1. The van der Waals surface area contributed by atoms with Gasteiger partial charge < -0.3 is 19.1 Å². The molecule has 1 fully saturated rings. The molecule has 1 aliphatic heterocycles. The van der Waals surface area contributed by atoms with Crippen molar-refractivity contribution in [1.82, 2.24) is 34.5 Å². The lowest BCUT2D eigenvalue weighted by molar-refractivity contribution is -0.0969. The van der Waals surface area contributed by atoms with E-state index in [4.69, 9.17) is 23.5 Å². The summed E-state index contributed by atoms with van der Waals surface area (Å²) in [6.07, 6.45) is 10.6. The summed E-state index contributed by atoms with van der Waals surface area (Å²) in [6, 6.07) is 15.8. The SMILES string of the molecule is c1c[nH]c(N2C(c3ccsn3)(c3ncc[nH]3)OC(c3ccn[nH]3)(c3ccco3)C2(c2cccs2)c2nccs2)c1. The Morgan fingerprint density at radius 1 is 0.850 bits per heavy atom. The number of nitrogens with one attached hydrogen (secondary N) is 3. The third-order valence-corrected chi connectivity index (χ3v) is 9.68. The van der Waals surface area contributed by atoms with Gasteiger partial charge in [0, 0.05) is 46.6 Å². The quantitative estimate of drug-likeness (QED) is 0.221. The van der Waals surface area contributed by atoms with Gasteiger partial charge in [-0.25, -0.2) is 9.97 Å². The van der Waals surface area contributed by atoms with Crippen molar-refractivity contribution >= 4 is 40.0 Å². The Labute approximate surface area is 239 Å². The van der Waals surface area contributed by atoms with Gasteiger partial charge in [0.05, 0.1) is 12.0 Å². The lowest BCUT2D eigenvalue weighted by atomic mass is 9.73. The Kier molecular flexibility index (Phi) is 5.22. The van der Waals surface area contributed by atoms with Gasteiger partial charge in [0.2, 0.25) is 11.3 Å². The summed E-state index contributed by atoms with van der Waals surface area (Å²) in [5.41, 5.74) is -2.51. The van der Waals surface area contributed by atoms with Crippen molar-refractivity contribution in [2.24, 2.45) is 0 Å². The molecule has 0 spiro atoms. The van der Waals surface area contributed by atoms with Crippen LogP contribution < -0.4 is 4.90 Å². The van der Waals surface area contributed by atoms with Gasteiger partial charge in [-0.3, -0.25) is 10.00 Å². The molecule has 1 saturated heterocycles. The monoisotopic (exact) mass is 584 g/mol. The van der Waals surface area contributed by atoms with Crippen LogP contribution in [0.4, 0.5) is 5.82 Å². The largest absolute Gasteiger partial charge is 0.466 e. The van der Waals surface area contributed by atoms with Crippen LogP contribution in [0.3, 0.4) is 0 Å². The predicted octanol–water partition coefficient (Wildman–Crippen LogP) is 5.65. The van der Waals surface area contributed by atoms with E-state index < -0.39 is 16.9 Å². The maximum absolute atomic E-state index is 7.68. The number of H-pyrrole nitrogens is 3. The molecule has 198 valence electrons. The maximum Gasteiger partial charge on any atom is 0.249 e. The number of hydrogen-bond donors (Lipinski definition) is 3. The molecule has 0 saturated carbocycles. The number of aromatic amines is 3. The molecule has 0 aliphatic carbocycles. The van der Waals surface area contributed by atoms with E-state index >= 15 is 0 Å². The minimum absolute atomic E-state index is 0.554. The lowest BCUT2D eigenvalue weighted by Gasteiger charge is -2.46. The number of ether oxygens (including phenoxy) is 1. The van der Waals surface area contributed by atoms with Crippen LogP contribution in [0, 0.1) is 0 Å². The third-order valence-electron chi connectivity index (χ3n) is 7.26. The highest BCUT2D eigenvalue weighted by atomic mass is 32.1. The molecule has 8 rings (SSSR count). The molecule has 7 aromatic heterocycles. The molecule has 13 heteroatoms. The summed E-state index contributed by atoms with van der Waals surface area (Å²) >= 11 is 4.51. The second-order valence-corrected chi connectivity index (χ2v) is 11.6. The Morgan fingerprint density at radius 2 is 1.85 bits per heavy atom. The zero-order valence-electron chi connectivity index (χ0n) is 20.6. The Bertz CT molecular complexity index is 1670.